The molecule has 11 nitrogen and oxygen atoms in total. The first-order valence-corrected chi connectivity index (χ1v) is 11.8. The van der Waals surface area contributed by atoms with Crippen LogP contribution in [-0.2, 0) is 32.6 Å². The highest BCUT2D eigenvalue weighted by molar-refractivity contribution is 7.89. The van der Waals surface area contributed by atoms with Gasteiger partial charge >= 0.3 is 0 Å². The van der Waals surface area contributed by atoms with E-state index in [4.69, 9.17) is 14.6 Å². The summed E-state index contributed by atoms with van der Waals surface area (Å²) in [5.41, 5.74) is 1.49. The van der Waals surface area contributed by atoms with E-state index in [1.165, 1.54) is 12.1 Å². The van der Waals surface area contributed by atoms with E-state index in [1.807, 2.05) is 37.2 Å². The third-order valence-electron chi connectivity index (χ3n) is 5.29. The smallest absolute Gasteiger partial charge is 0.238 e. The number of sulfonamides is 1. The van der Waals surface area contributed by atoms with Crippen molar-refractivity contribution in [1.29, 1.82) is 0 Å². The zero-order valence-corrected chi connectivity index (χ0v) is 18.8. The number of aliphatic hydroxyl groups excluding tert-OH is 1. The molecule has 2 aromatic rings. The van der Waals surface area contributed by atoms with Crippen LogP contribution >= 0.6 is 0 Å². The SMILES string of the molecule is CC1(C)O[C@H]2[C@H](O)CN(/C=C/Cn3cc(CNc4ccc(S(N)(=O)=O)cc4)nn3)C[C@H]2O1. The number of β-amino-alcohol motifs (C(OH)–C–C–N with tert-alkyl or cyclic N) is 1. The van der Waals surface area contributed by atoms with Crippen LogP contribution in [0.1, 0.15) is 19.5 Å². The van der Waals surface area contributed by atoms with E-state index in [2.05, 4.69) is 15.6 Å². The number of primary sulfonamides is 1. The molecule has 0 radical (unpaired) electrons. The molecule has 3 atom stereocenters. The van der Waals surface area contributed by atoms with E-state index in [9.17, 15) is 13.5 Å². The second kappa shape index (κ2) is 8.79. The number of piperidine rings is 1. The van der Waals surface area contributed by atoms with Crippen LogP contribution in [0.3, 0.4) is 0 Å². The van der Waals surface area contributed by atoms with Crippen molar-refractivity contribution in [2.24, 2.45) is 5.14 Å². The van der Waals surface area contributed by atoms with Gasteiger partial charge in [-0.2, -0.15) is 0 Å². The van der Waals surface area contributed by atoms with Crippen molar-refractivity contribution in [3.05, 3.63) is 48.4 Å². The fourth-order valence-electron chi connectivity index (χ4n) is 3.87. The number of anilines is 1. The maximum atomic E-state index is 11.3. The summed E-state index contributed by atoms with van der Waals surface area (Å²) in [7, 11) is -3.70. The van der Waals surface area contributed by atoms with Gasteiger partial charge in [-0.25, -0.2) is 18.2 Å². The van der Waals surface area contributed by atoms with Crippen LogP contribution < -0.4 is 10.5 Å². The van der Waals surface area contributed by atoms with Crippen molar-refractivity contribution in [1.82, 2.24) is 19.9 Å². The molecule has 4 N–H and O–H groups in total. The highest BCUT2D eigenvalue weighted by Gasteiger charge is 2.48. The van der Waals surface area contributed by atoms with E-state index in [0.717, 1.165) is 11.4 Å². The molecule has 0 spiro atoms. The van der Waals surface area contributed by atoms with Crippen LogP contribution in [0.25, 0.3) is 0 Å². The Morgan fingerprint density at radius 3 is 2.75 bits per heavy atom. The molecule has 174 valence electrons. The molecule has 1 aromatic heterocycles. The van der Waals surface area contributed by atoms with Crippen LogP contribution in [0.15, 0.2) is 47.6 Å². The zero-order chi connectivity index (χ0) is 22.9. The van der Waals surface area contributed by atoms with E-state index in [-0.39, 0.29) is 17.1 Å². The fraction of sp³-hybridized carbons (Fsp3) is 0.500. The zero-order valence-electron chi connectivity index (χ0n) is 18.0. The summed E-state index contributed by atoms with van der Waals surface area (Å²) in [4.78, 5) is 2.08. The van der Waals surface area contributed by atoms with Crippen LogP contribution in [0.5, 0.6) is 0 Å². The number of hydrogen-bond donors (Lipinski definition) is 3. The van der Waals surface area contributed by atoms with Gasteiger partial charge in [0.15, 0.2) is 5.79 Å². The number of nitrogens with one attached hydrogen (secondary N) is 1. The molecule has 12 heteroatoms. The molecule has 0 aliphatic carbocycles. The summed E-state index contributed by atoms with van der Waals surface area (Å²) in [6, 6.07) is 6.18. The van der Waals surface area contributed by atoms with Gasteiger partial charge in [0.05, 0.1) is 24.2 Å². The van der Waals surface area contributed by atoms with Gasteiger partial charge in [-0.15, -0.1) is 5.10 Å². The van der Waals surface area contributed by atoms with Crippen LogP contribution in [0, 0.1) is 0 Å². The summed E-state index contributed by atoms with van der Waals surface area (Å²) in [6.45, 7) is 5.81. The number of likely N-dealkylation sites (tertiary alicyclic amines) is 1. The van der Waals surface area contributed by atoms with Crippen LogP contribution in [0.4, 0.5) is 5.69 Å². The Bertz CT molecular complexity index is 1070. The van der Waals surface area contributed by atoms with Crippen molar-refractivity contribution in [3.63, 3.8) is 0 Å². The monoisotopic (exact) mass is 464 g/mol. The lowest BCUT2D eigenvalue weighted by Crippen LogP contribution is -2.52. The molecule has 4 rings (SSSR count). The second-order valence-electron chi connectivity index (χ2n) is 8.40. The first-order chi connectivity index (χ1) is 15.1. The lowest BCUT2D eigenvalue weighted by atomic mass is 10.0. The minimum absolute atomic E-state index is 0.0632. The minimum Gasteiger partial charge on any atom is -0.388 e. The summed E-state index contributed by atoms with van der Waals surface area (Å²) >= 11 is 0. The highest BCUT2D eigenvalue weighted by Crippen LogP contribution is 2.33. The molecule has 2 aliphatic rings. The normalized spacial score (nSPS) is 25.2. The summed E-state index contributed by atoms with van der Waals surface area (Å²) < 4.78 is 36.0. The summed E-state index contributed by atoms with van der Waals surface area (Å²) in [5.74, 6) is -0.675. The van der Waals surface area contributed by atoms with Gasteiger partial charge in [-0.1, -0.05) is 5.21 Å². The lowest BCUT2D eigenvalue weighted by Gasteiger charge is -2.35. The summed E-state index contributed by atoms with van der Waals surface area (Å²) in [6.07, 6.45) is 4.64. The van der Waals surface area contributed by atoms with Crippen LogP contribution in [0.2, 0.25) is 0 Å². The number of nitrogens with two attached hydrogens (primary N) is 1. The Labute approximate surface area is 186 Å². The number of ether oxygens (including phenoxy) is 2. The third-order valence-corrected chi connectivity index (χ3v) is 6.22. The first kappa shape index (κ1) is 22.7. The molecule has 2 fully saturated rings. The Morgan fingerprint density at radius 1 is 1.28 bits per heavy atom. The molecule has 0 unspecified atom stereocenters. The molecule has 1 aromatic carbocycles. The van der Waals surface area contributed by atoms with Gasteiger partial charge < -0.3 is 24.8 Å². The lowest BCUT2D eigenvalue weighted by molar-refractivity contribution is -0.152. The second-order valence-corrected chi connectivity index (χ2v) is 9.96. The Hall–Kier alpha value is -2.51. The number of rotatable bonds is 7. The van der Waals surface area contributed by atoms with Crippen molar-refractivity contribution < 1.29 is 23.0 Å². The molecular weight excluding hydrogens is 436 g/mol. The predicted octanol–water partition coefficient (Wildman–Crippen LogP) is 0.248. The molecule has 3 heterocycles. The maximum Gasteiger partial charge on any atom is 0.238 e. The molecular formula is C20H28N6O5S. The first-order valence-electron chi connectivity index (χ1n) is 10.3. The molecule has 0 amide bonds. The van der Waals surface area contributed by atoms with Crippen molar-refractivity contribution >= 4 is 15.7 Å². The Kier molecular flexibility index (Phi) is 6.23. The standard InChI is InChI=1S/C20H28N6O5S/c1-20(2)30-18-13-25(12-17(27)19(18)31-20)8-3-9-26-11-15(23-24-26)10-22-14-4-6-16(7-5-14)32(21,28)29/h3-8,11,17-19,22,27H,9-10,12-13H2,1-2H3,(H2,21,28,29)/b8-3+/t17-,18-,19+/m1/s1. The van der Waals surface area contributed by atoms with Crippen molar-refractivity contribution in [2.75, 3.05) is 18.4 Å². The molecule has 0 saturated carbocycles. The molecule has 0 bridgehead atoms. The van der Waals surface area contributed by atoms with Gasteiger partial charge in [-0.05, 0) is 50.4 Å². The average Bonchev–Trinajstić information content (AvgIpc) is 3.29. The third kappa shape index (κ3) is 5.45. The van der Waals surface area contributed by atoms with Crippen LogP contribution in [-0.4, -0.2) is 70.6 Å². The highest BCUT2D eigenvalue weighted by atomic mass is 32.2. The van der Waals surface area contributed by atoms with E-state index >= 15 is 0 Å². The van der Waals surface area contributed by atoms with E-state index in [1.54, 1.807) is 16.8 Å². The number of aromatic nitrogens is 3. The molecule has 2 aliphatic heterocycles. The van der Waals surface area contributed by atoms with Gasteiger partial charge in [0.2, 0.25) is 10.0 Å². The van der Waals surface area contributed by atoms with Gasteiger partial charge in [0.25, 0.3) is 0 Å². The fourth-order valence-corrected chi connectivity index (χ4v) is 4.39. The number of benzene rings is 1. The minimum atomic E-state index is -3.70. The van der Waals surface area contributed by atoms with Crippen molar-refractivity contribution in [3.8, 4) is 0 Å². The van der Waals surface area contributed by atoms with Gasteiger partial charge in [-0.3, -0.25) is 0 Å². The topological polar surface area (TPSA) is 145 Å². The Morgan fingerprint density at radius 2 is 2.03 bits per heavy atom. The number of hydrogen-bond acceptors (Lipinski definition) is 9. The van der Waals surface area contributed by atoms with E-state index < -0.39 is 21.9 Å². The number of allylic oxidation sites excluding steroid dienone is 1. The van der Waals surface area contributed by atoms with Crippen molar-refractivity contribution in [2.45, 2.75) is 55.9 Å². The maximum absolute atomic E-state index is 11.3. The number of aliphatic hydroxyl groups is 1. The predicted molar refractivity (Wildman–Crippen MR) is 116 cm³/mol. The number of nitrogens with zero attached hydrogens (tertiary/aromatic N) is 4. The Balaban J connectivity index is 1.26. The number of fused-ring (bicyclic) bond motifs is 1. The van der Waals surface area contributed by atoms with E-state index in [0.29, 0.717) is 26.2 Å². The van der Waals surface area contributed by atoms with Gasteiger partial charge in [0.1, 0.15) is 24.0 Å². The molecule has 2 saturated heterocycles. The average molecular weight is 465 g/mol. The quantitative estimate of drug-likeness (QED) is 0.525. The summed E-state index contributed by atoms with van der Waals surface area (Å²) in [5, 5.41) is 26.9. The van der Waals surface area contributed by atoms with Gasteiger partial charge in [0, 0.05) is 18.8 Å². The largest absolute Gasteiger partial charge is 0.388 e. The molecule has 32 heavy (non-hydrogen) atoms.